The summed E-state index contributed by atoms with van der Waals surface area (Å²) in [4.78, 5) is 36.1. The van der Waals surface area contributed by atoms with Crippen molar-refractivity contribution >= 4 is 29.1 Å². The number of hydrogen-bond acceptors (Lipinski definition) is 4. The summed E-state index contributed by atoms with van der Waals surface area (Å²) in [6.07, 6.45) is 0.132. The van der Waals surface area contributed by atoms with Gasteiger partial charge in [-0.25, -0.2) is 4.68 Å². The molecule has 1 heterocycles. The van der Waals surface area contributed by atoms with Crippen LogP contribution in [0.3, 0.4) is 0 Å². The summed E-state index contributed by atoms with van der Waals surface area (Å²) in [5.74, 6) is -0.157. The Morgan fingerprint density at radius 2 is 1.92 bits per heavy atom. The SMILES string of the molecule is CCN[C@H](C)CNC(=O)CCn1[nH]c(=O)c2ccccc2c1=O.Cl. The molecule has 8 heteroatoms. The lowest BCUT2D eigenvalue weighted by molar-refractivity contribution is -0.121. The number of carbonyl (C=O) groups is 1. The van der Waals surface area contributed by atoms with E-state index in [1.54, 1.807) is 24.3 Å². The van der Waals surface area contributed by atoms with E-state index in [0.717, 1.165) is 6.54 Å². The van der Waals surface area contributed by atoms with Gasteiger partial charge in [0.1, 0.15) is 0 Å². The molecule has 0 unspecified atom stereocenters. The van der Waals surface area contributed by atoms with Crippen LogP contribution in [0.2, 0.25) is 0 Å². The van der Waals surface area contributed by atoms with Gasteiger partial charge in [-0.2, -0.15) is 0 Å². The van der Waals surface area contributed by atoms with Crippen LogP contribution in [0.1, 0.15) is 20.3 Å². The highest BCUT2D eigenvalue weighted by Gasteiger charge is 2.09. The van der Waals surface area contributed by atoms with Crippen LogP contribution >= 0.6 is 12.4 Å². The van der Waals surface area contributed by atoms with Gasteiger partial charge in [-0.1, -0.05) is 19.1 Å². The molecule has 132 valence electrons. The van der Waals surface area contributed by atoms with E-state index in [-0.39, 0.29) is 48.4 Å². The summed E-state index contributed by atoms with van der Waals surface area (Å²) >= 11 is 0. The normalized spacial score (nSPS) is 11.8. The zero-order valence-electron chi connectivity index (χ0n) is 13.8. The number of aromatic amines is 1. The van der Waals surface area contributed by atoms with Crippen LogP contribution in [0.25, 0.3) is 10.8 Å². The predicted octanol–water partition coefficient (Wildman–Crippen LogP) is 0.616. The minimum atomic E-state index is -0.332. The fourth-order valence-electron chi connectivity index (χ4n) is 2.39. The van der Waals surface area contributed by atoms with Crippen LogP contribution in [0, 0.1) is 0 Å². The second-order valence-electron chi connectivity index (χ2n) is 5.46. The van der Waals surface area contributed by atoms with Gasteiger partial charge in [0.05, 0.1) is 17.3 Å². The van der Waals surface area contributed by atoms with Gasteiger partial charge in [-0.15, -0.1) is 12.4 Å². The van der Waals surface area contributed by atoms with Crippen LogP contribution < -0.4 is 21.8 Å². The smallest absolute Gasteiger partial charge is 0.273 e. The second-order valence-corrected chi connectivity index (χ2v) is 5.46. The lowest BCUT2D eigenvalue weighted by Crippen LogP contribution is -2.39. The minimum Gasteiger partial charge on any atom is -0.354 e. The number of H-pyrrole nitrogens is 1. The Labute approximate surface area is 145 Å². The Kier molecular flexibility index (Phi) is 7.67. The molecule has 0 bridgehead atoms. The molecule has 1 atom stereocenters. The number of fused-ring (bicyclic) bond motifs is 1. The number of benzene rings is 1. The van der Waals surface area contributed by atoms with E-state index < -0.39 is 0 Å². The lowest BCUT2D eigenvalue weighted by Gasteiger charge is -2.13. The average molecular weight is 355 g/mol. The molecule has 1 aromatic carbocycles. The Bertz CT molecular complexity index is 800. The third-order valence-electron chi connectivity index (χ3n) is 3.60. The predicted molar refractivity (Wildman–Crippen MR) is 96.8 cm³/mol. The van der Waals surface area contributed by atoms with Crippen molar-refractivity contribution in [2.75, 3.05) is 13.1 Å². The first-order chi connectivity index (χ1) is 11.0. The molecular formula is C16H23ClN4O3. The van der Waals surface area contributed by atoms with Gasteiger partial charge in [-0.05, 0) is 25.6 Å². The van der Waals surface area contributed by atoms with Gasteiger partial charge in [0.25, 0.3) is 11.1 Å². The van der Waals surface area contributed by atoms with Gasteiger partial charge < -0.3 is 10.6 Å². The summed E-state index contributed by atoms with van der Waals surface area (Å²) in [5.41, 5.74) is -0.629. The largest absolute Gasteiger partial charge is 0.354 e. The molecule has 0 saturated heterocycles. The summed E-state index contributed by atoms with van der Waals surface area (Å²) < 4.78 is 1.19. The molecule has 0 aliphatic carbocycles. The van der Waals surface area contributed by atoms with E-state index >= 15 is 0 Å². The maximum Gasteiger partial charge on any atom is 0.273 e. The number of nitrogens with one attached hydrogen (secondary N) is 3. The molecule has 1 amide bonds. The lowest BCUT2D eigenvalue weighted by atomic mass is 10.2. The van der Waals surface area contributed by atoms with Gasteiger partial charge in [0.15, 0.2) is 0 Å². The molecule has 2 rings (SSSR count). The molecule has 2 aromatic rings. The van der Waals surface area contributed by atoms with Crippen molar-refractivity contribution in [3.63, 3.8) is 0 Å². The monoisotopic (exact) mass is 354 g/mol. The van der Waals surface area contributed by atoms with Crippen molar-refractivity contribution in [3.8, 4) is 0 Å². The third-order valence-corrected chi connectivity index (χ3v) is 3.60. The topological polar surface area (TPSA) is 96.0 Å². The molecule has 0 saturated carbocycles. The maximum atomic E-state index is 12.3. The fourth-order valence-corrected chi connectivity index (χ4v) is 2.39. The first-order valence-corrected chi connectivity index (χ1v) is 7.75. The van der Waals surface area contributed by atoms with Crippen LogP contribution in [-0.2, 0) is 11.3 Å². The van der Waals surface area contributed by atoms with E-state index in [1.165, 1.54) is 4.68 Å². The first kappa shape index (κ1) is 19.9. The second kappa shape index (κ2) is 9.24. The number of amides is 1. The molecule has 1 aromatic heterocycles. The zero-order valence-corrected chi connectivity index (χ0v) is 14.6. The van der Waals surface area contributed by atoms with E-state index in [4.69, 9.17) is 0 Å². The van der Waals surface area contributed by atoms with Gasteiger partial charge in [0.2, 0.25) is 5.91 Å². The van der Waals surface area contributed by atoms with Crippen molar-refractivity contribution < 1.29 is 4.79 Å². The first-order valence-electron chi connectivity index (χ1n) is 7.75. The molecular weight excluding hydrogens is 332 g/mol. The molecule has 0 radical (unpaired) electrons. The van der Waals surface area contributed by atoms with Crippen molar-refractivity contribution in [3.05, 3.63) is 45.0 Å². The Morgan fingerprint density at radius 1 is 1.25 bits per heavy atom. The van der Waals surface area contributed by atoms with Crippen LogP contribution in [0.4, 0.5) is 0 Å². The van der Waals surface area contributed by atoms with Crippen LogP contribution in [0.5, 0.6) is 0 Å². The van der Waals surface area contributed by atoms with E-state index in [9.17, 15) is 14.4 Å². The highest BCUT2D eigenvalue weighted by molar-refractivity contribution is 5.85. The Morgan fingerprint density at radius 3 is 2.58 bits per heavy atom. The summed E-state index contributed by atoms with van der Waals surface area (Å²) in [6, 6.07) is 6.83. The number of nitrogens with zero attached hydrogens (tertiary/aromatic N) is 1. The zero-order chi connectivity index (χ0) is 16.8. The minimum absolute atomic E-state index is 0. The summed E-state index contributed by atoms with van der Waals surface area (Å²) in [7, 11) is 0. The molecule has 0 fully saturated rings. The van der Waals surface area contributed by atoms with Crippen molar-refractivity contribution in [1.82, 2.24) is 20.4 Å². The molecule has 0 spiro atoms. The highest BCUT2D eigenvalue weighted by atomic mass is 35.5. The van der Waals surface area contributed by atoms with E-state index in [1.807, 2.05) is 13.8 Å². The van der Waals surface area contributed by atoms with Gasteiger partial charge in [0, 0.05) is 19.0 Å². The molecule has 0 aliphatic rings. The van der Waals surface area contributed by atoms with Crippen LogP contribution in [-0.4, -0.2) is 34.8 Å². The number of halogens is 1. The van der Waals surface area contributed by atoms with Crippen molar-refractivity contribution in [2.24, 2.45) is 0 Å². The Hall–Kier alpha value is -2.12. The molecule has 3 N–H and O–H groups in total. The average Bonchev–Trinajstić information content (AvgIpc) is 2.55. The number of rotatable bonds is 7. The molecule has 7 nitrogen and oxygen atoms in total. The number of carbonyl (C=O) groups excluding carboxylic acids is 1. The molecule has 0 aliphatic heterocycles. The van der Waals surface area contributed by atoms with Gasteiger partial charge in [-0.3, -0.25) is 19.5 Å². The highest BCUT2D eigenvalue weighted by Crippen LogP contribution is 2.02. The van der Waals surface area contributed by atoms with E-state index in [2.05, 4.69) is 15.7 Å². The van der Waals surface area contributed by atoms with Crippen LogP contribution in [0.15, 0.2) is 33.9 Å². The fraction of sp³-hybridized carbons (Fsp3) is 0.438. The summed E-state index contributed by atoms with van der Waals surface area (Å²) in [6.45, 7) is 5.48. The Balaban J connectivity index is 0.00000288. The third kappa shape index (κ3) is 4.94. The van der Waals surface area contributed by atoms with Gasteiger partial charge >= 0.3 is 0 Å². The summed E-state index contributed by atoms with van der Waals surface area (Å²) in [5, 5.41) is 9.23. The number of aromatic nitrogens is 2. The standard InChI is InChI=1S/C16H22N4O3.ClH/c1-3-17-11(2)10-18-14(21)8-9-20-16(23)13-7-5-4-6-12(13)15(22)19-20;/h4-7,11,17H,3,8-10H2,1-2H3,(H,18,21)(H,19,22);1H/t11-;/m1./s1. The number of likely N-dealkylation sites (N-methyl/N-ethyl adjacent to an activating group) is 1. The number of aryl methyl sites for hydroxylation is 1. The number of hydrogen-bond donors (Lipinski definition) is 3. The van der Waals surface area contributed by atoms with Crippen molar-refractivity contribution in [1.29, 1.82) is 0 Å². The maximum absolute atomic E-state index is 12.3. The quantitative estimate of drug-likeness (QED) is 0.679. The molecule has 24 heavy (non-hydrogen) atoms. The van der Waals surface area contributed by atoms with E-state index in [0.29, 0.717) is 17.3 Å². The van der Waals surface area contributed by atoms with Crippen molar-refractivity contribution in [2.45, 2.75) is 32.9 Å².